The lowest BCUT2D eigenvalue weighted by Crippen LogP contribution is -2.41. The van der Waals surface area contributed by atoms with Gasteiger partial charge in [-0.25, -0.2) is 0 Å². The van der Waals surface area contributed by atoms with E-state index in [0.29, 0.717) is 24.5 Å². The van der Waals surface area contributed by atoms with Crippen molar-refractivity contribution in [3.63, 3.8) is 0 Å². The van der Waals surface area contributed by atoms with Gasteiger partial charge in [0.15, 0.2) is 0 Å². The molecule has 0 bridgehead atoms. The summed E-state index contributed by atoms with van der Waals surface area (Å²) >= 11 is 0. The van der Waals surface area contributed by atoms with Crippen LogP contribution in [0.1, 0.15) is 18.4 Å². The zero-order valence-electron chi connectivity index (χ0n) is 13.3. The first-order valence-corrected chi connectivity index (χ1v) is 7.37. The van der Waals surface area contributed by atoms with E-state index in [-0.39, 0.29) is 19.0 Å². The summed E-state index contributed by atoms with van der Waals surface area (Å²) in [5.41, 5.74) is 0.730. The van der Waals surface area contributed by atoms with Gasteiger partial charge in [0.2, 0.25) is 0 Å². The predicted octanol–water partition coefficient (Wildman–Crippen LogP) is 1.30. The molecule has 0 radical (unpaired) electrons. The zero-order valence-corrected chi connectivity index (χ0v) is 13.3. The summed E-state index contributed by atoms with van der Waals surface area (Å²) in [4.78, 5) is 24.8. The summed E-state index contributed by atoms with van der Waals surface area (Å²) < 4.78 is 15.8. The van der Waals surface area contributed by atoms with Gasteiger partial charge >= 0.3 is 5.97 Å². The molecule has 126 valence electrons. The monoisotopic (exact) mass is 323 g/mol. The molecule has 1 amide bonds. The van der Waals surface area contributed by atoms with E-state index in [1.807, 2.05) is 0 Å². The Morgan fingerprint density at radius 3 is 2.39 bits per heavy atom. The van der Waals surface area contributed by atoms with Crippen LogP contribution in [0.2, 0.25) is 0 Å². The van der Waals surface area contributed by atoms with Crippen molar-refractivity contribution in [1.82, 2.24) is 4.90 Å². The average Bonchev–Trinajstić information content (AvgIpc) is 3.07. The third kappa shape index (κ3) is 4.59. The molecule has 23 heavy (non-hydrogen) atoms. The largest absolute Gasteiger partial charge is 0.497 e. The molecule has 0 spiro atoms. The highest BCUT2D eigenvalue weighted by atomic mass is 16.5. The number of rotatable bonds is 7. The number of carbonyl (C=O) groups is 2. The molecule has 7 nitrogen and oxygen atoms in total. The van der Waals surface area contributed by atoms with Crippen molar-refractivity contribution >= 4 is 11.9 Å². The molecule has 1 aliphatic rings. The van der Waals surface area contributed by atoms with Crippen molar-refractivity contribution in [3.8, 4) is 11.5 Å². The molecule has 0 saturated carbocycles. The Labute approximate surface area is 134 Å². The van der Waals surface area contributed by atoms with Crippen molar-refractivity contribution in [2.75, 3.05) is 27.4 Å². The van der Waals surface area contributed by atoms with Gasteiger partial charge in [0, 0.05) is 19.2 Å². The Balaban J connectivity index is 2.19. The molecule has 1 heterocycles. The lowest BCUT2D eigenvalue weighted by atomic mass is 10.1. The van der Waals surface area contributed by atoms with Crippen LogP contribution >= 0.6 is 0 Å². The van der Waals surface area contributed by atoms with Crippen LogP contribution in [0.4, 0.5) is 0 Å². The van der Waals surface area contributed by atoms with Gasteiger partial charge in [-0.3, -0.25) is 9.59 Å². The van der Waals surface area contributed by atoms with Crippen LogP contribution in [0.5, 0.6) is 11.5 Å². The van der Waals surface area contributed by atoms with Crippen molar-refractivity contribution in [2.45, 2.75) is 25.5 Å². The third-order valence-corrected chi connectivity index (χ3v) is 3.63. The standard InChI is InChI=1S/C16H21NO6/c1-21-12-6-11(7-13(8-12)22-2)9-17(10-15(18)19)16(20)14-4-3-5-23-14/h6-8,14H,3-5,9-10H2,1-2H3,(H,18,19)/t14-/m0/s1. The van der Waals surface area contributed by atoms with E-state index in [1.54, 1.807) is 18.2 Å². The van der Waals surface area contributed by atoms with Gasteiger partial charge in [-0.15, -0.1) is 0 Å². The summed E-state index contributed by atoms with van der Waals surface area (Å²) in [6.45, 7) is 0.307. The molecule has 1 fully saturated rings. The molecule has 2 rings (SSSR count). The quantitative estimate of drug-likeness (QED) is 0.814. The summed E-state index contributed by atoms with van der Waals surface area (Å²) in [5, 5.41) is 9.07. The topological polar surface area (TPSA) is 85.3 Å². The molecule has 1 aromatic carbocycles. The van der Waals surface area contributed by atoms with Crippen LogP contribution in [0.3, 0.4) is 0 Å². The number of hydrogen-bond donors (Lipinski definition) is 1. The number of carbonyl (C=O) groups excluding carboxylic acids is 1. The highest BCUT2D eigenvalue weighted by Gasteiger charge is 2.29. The van der Waals surface area contributed by atoms with E-state index in [0.717, 1.165) is 12.0 Å². The van der Waals surface area contributed by atoms with E-state index in [1.165, 1.54) is 19.1 Å². The van der Waals surface area contributed by atoms with Crippen LogP contribution in [0.25, 0.3) is 0 Å². The minimum absolute atomic E-state index is 0.151. The fourth-order valence-corrected chi connectivity index (χ4v) is 2.53. The van der Waals surface area contributed by atoms with E-state index >= 15 is 0 Å². The number of hydrogen-bond acceptors (Lipinski definition) is 5. The van der Waals surface area contributed by atoms with E-state index < -0.39 is 12.1 Å². The smallest absolute Gasteiger partial charge is 0.323 e. The summed E-state index contributed by atoms with van der Waals surface area (Å²) in [6, 6.07) is 5.22. The second-order valence-corrected chi connectivity index (χ2v) is 5.31. The van der Waals surface area contributed by atoms with Gasteiger partial charge in [0.05, 0.1) is 14.2 Å². The molecule has 1 aliphatic heterocycles. The summed E-state index contributed by atoms with van der Waals surface area (Å²) in [5.74, 6) is -0.198. The number of methoxy groups -OCH3 is 2. The van der Waals surface area contributed by atoms with Gasteiger partial charge in [0.1, 0.15) is 24.1 Å². The molecule has 1 saturated heterocycles. The molecule has 7 heteroatoms. The molecule has 0 unspecified atom stereocenters. The van der Waals surface area contributed by atoms with Gasteiger partial charge in [-0.2, -0.15) is 0 Å². The van der Waals surface area contributed by atoms with Crippen LogP contribution in [0, 0.1) is 0 Å². The zero-order chi connectivity index (χ0) is 16.8. The fourth-order valence-electron chi connectivity index (χ4n) is 2.53. The van der Waals surface area contributed by atoms with Crippen LogP contribution < -0.4 is 9.47 Å². The number of amides is 1. The molecule has 1 atom stereocenters. The van der Waals surface area contributed by atoms with Crippen molar-refractivity contribution in [1.29, 1.82) is 0 Å². The number of ether oxygens (including phenoxy) is 3. The van der Waals surface area contributed by atoms with Gasteiger partial charge in [0.25, 0.3) is 5.91 Å². The van der Waals surface area contributed by atoms with Crippen LogP contribution in [-0.2, 0) is 20.9 Å². The molecule has 0 aromatic heterocycles. The lowest BCUT2D eigenvalue weighted by molar-refractivity contribution is -0.149. The molecular formula is C16H21NO6. The Bertz CT molecular complexity index is 545. The van der Waals surface area contributed by atoms with Crippen LogP contribution in [0.15, 0.2) is 18.2 Å². The van der Waals surface area contributed by atoms with E-state index in [9.17, 15) is 9.59 Å². The van der Waals surface area contributed by atoms with E-state index in [4.69, 9.17) is 19.3 Å². The van der Waals surface area contributed by atoms with E-state index in [2.05, 4.69) is 0 Å². The fraction of sp³-hybridized carbons (Fsp3) is 0.500. The molecule has 1 aromatic rings. The molecule has 1 N–H and O–H groups in total. The maximum absolute atomic E-state index is 12.5. The normalized spacial score (nSPS) is 16.9. The maximum Gasteiger partial charge on any atom is 0.323 e. The lowest BCUT2D eigenvalue weighted by Gasteiger charge is -2.24. The maximum atomic E-state index is 12.5. The number of carboxylic acids is 1. The Kier molecular flexibility index (Phi) is 5.81. The average molecular weight is 323 g/mol. The Morgan fingerprint density at radius 1 is 1.26 bits per heavy atom. The first kappa shape index (κ1) is 17.1. The van der Waals surface area contributed by atoms with Crippen molar-refractivity contribution < 1.29 is 28.9 Å². The van der Waals surface area contributed by atoms with Crippen molar-refractivity contribution in [3.05, 3.63) is 23.8 Å². The highest BCUT2D eigenvalue weighted by Crippen LogP contribution is 2.24. The second kappa shape index (κ2) is 7.82. The minimum atomic E-state index is -1.06. The Morgan fingerprint density at radius 2 is 1.91 bits per heavy atom. The number of carboxylic acid groups (broad SMARTS) is 1. The number of aliphatic carboxylic acids is 1. The first-order valence-electron chi connectivity index (χ1n) is 7.37. The Hall–Kier alpha value is -2.28. The molecule has 0 aliphatic carbocycles. The third-order valence-electron chi connectivity index (χ3n) is 3.63. The van der Waals surface area contributed by atoms with Gasteiger partial charge in [-0.05, 0) is 30.5 Å². The van der Waals surface area contributed by atoms with Gasteiger partial charge < -0.3 is 24.2 Å². The first-order chi connectivity index (χ1) is 11.0. The minimum Gasteiger partial charge on any atom is -0.497 e. The SMILES string of the molecule is COc1cc(CN(CC(=O)O)C(=O)[C@@H]2CCCO2)cc(OC)c1. The second-order valence-electron chi connectivity index (χ2n) is 5.31. The van der Waals surface area contributed by atoms with Gasteiger partial charge in [-0.1, -0.05) is 0 Å². The molecular weight excluding hydrogens is 302 g/mol. The predicted molar refractivity (Wildman–Crippen MR) is 81.6 cm³/mol. The summed E-state index contributed by atoms with van der Waals surface area (Å²) in [7, 11) is 3.07. The number of nitrogens with zero attached hydrogens (tertiary/aromatic N) is 1. The van der Waals surface area contributed by atoms with Crippen molar-refractivity contribution in [2.24, 2.45) is 0 Å². The summed E-state index contributed by atoms with van der Waals surface area (Å²) in [6.07, 6.45) is 0.877. The number of benzene rings is 1. The highest BCUT2D eigenvalue weighted by molar-refractivity contribution is 5.84. The van der Waals surface area contributed by atoms with Crippen LogP contribution in [-0.4, -0.2) is 55.4 Å².